The minimum Gasteiger partial charge on any atom is -0.367 e. The minimum atomic E-state index is -0.296. The second kappa shape index (κ2) is 6.41. The maximum Gasteiger partial charge on any atom is 0.272 e. The minimum absolute atomic E-state index is 0.118. The number of carbonyl (C=O) groups excluding carboxylic acids is 1. The number of nitrogens with zero attached hydrogens (tertiary/aromatic N) is 5. The molecule has 1 N–H and O–H groups in total. The normalized spacial score (nSPS) is 18.4. The van der Waals surface area contributed by atoms with Crippen molar-refractivity contribution in [3.05, 3.63) is 35.4 Å². The molecule has 1 fully saturated rings. The van der Waals surface area contributed by atoms with Gasteiger partial charge in [0.1, 0.15) is 17.6 Å². The summed E-state index contributed by atoms with van der Waals surface area (Å²) in [5.41, 5.74) is 0.401. The Labute approximate surface area is 134 Å². The number of morpholine rings is 1. The summed E-state index contributed by atoms with van der Waals surface area (Å²) >= 11 is 0. The molecule has 0 spiro atoms. The number of rotatable bonds is 3. The Morgan fingerprint density at radius 2 is 2.26 bits per heavy atom. The highest BCUT2D eigenvalue weighted by Gasteiger charge is 2.29. The van der Waals surface area contributed by atoms with Crippen LogP contribution >= 0.6 is 0 Å². The molecule has 3 heterocycles. The number of amides is 1. The summed E-state index contributed by atoms with van der Waals surface area (Å²) in [5, 5.41) is 7.11. The Bertz CT molecular complexity index is 699. The standard InChI is InChI=1S/C15H20N6O2/c1-9(2)13-18-14(20-19-13)12-8-21(6-7-23-12)15(22)11-4-5-16-10(3)17-11/h4-5,9,12H,6-8H2,1-3H3,(H,18,19,20)/t12-/m0/s1. The lowest BCUT2D eigenvalue weighted by Gasteiger charge is -2.31. The van der Waals surface area contributed by atoms with E-state index < -0.39 is 0 Å². The van der Waals surface area contributed by atoms with Crippen LogP contribution in [0.3, 0.4) is 0 Å². The Hall–Kier alpha value is -2.35. The van der Waals surface area contributed by atoms with Gasteiger partial charge >= 0.3 is 0 Å². The van der Waals surface area contributed by atoms with Crippen molar-refractivity contribution in [2.75, 3.05) is 19.7 Å². The highest BCUT2D eigenvalue weighted by Crippen LogP contribution is 2.21. The topological polar surface area (TPSA) is 96.9 Å². The molecular weight excluding hydrogens is 296 g/mol. The SMILES string of the molecule is Cc1nccc(C(=O)N2CCO[C@H](c3nc(C(C)C)n[nH]3)C2)n1. The predicted molar refractivity (Wildman–Crippen MR) is 81.8 cm³/mol. The lowest BCUT2D eigenvalue weighted by Crippen LogP contribution is -2.42. The van der Waals surface area contributed by atoms with Gasteiger partial charge in [0.2, 0.25) is 0 Å². The van der Waals surface area contributed by atoms with Crippen LogP contribution in [0.25, 0.3) is 0 Å². The molecular formula is C15H20N6O2. The first-order chi connectivity index (χ1) is 11.0. The Kier molecular flexibility index (Phi) is 4.33. The van der Waals surface area contributed by atoms with Crippen molar-refractivity contribution < 1.29 is 9.53 Å². The Morgan fingerprint density at radius 3 is 2.96 bits per heavy atom. The van der Waals surface area contributed by atoms with Crippen molar-refractivity contribution in [1.82, 2.24) is 30.0 Å². The third-order valence-electron chi connectivity index (χ3n) is 3.69. The van der Waals surface area contributed by atoms with Crippen LogP contribution < -0.4 is 0 Å². The van der Waals surface area contributed by atoms with Crippen LogP contribution in [-0.2, 0) is 4.74 Å². The van der Waals surface area contributed by atoms with E-state index in [-0.39, 0.29) is 17.9 Å². The number of H-pyrrole nitrogens is 1. The smallest absolute Gasteiger partial charge is 0.272 e. The summed E-state index contributed by atoms with van der Waals surface area (Å²) in [6, 6.07) is 1.63. The van der Waals surface area contributed by atoms with Gasteiger partial charge in [-0.25, -0.2) is 15.0 Å². The maximum absolute atomic E-state index is 12.6. The van der Waals surface area contributed by atoms with Gasteiger partial charge in [0, 0.05) is 18.7 Å². The maximum atomic E-state index is 12.6. The van der Waals surface area contributed by atoms with Crippen molar-refractivity contribution in [3.63, 3.8) is 0 Å². The molecule has 2 aromatic heterocycles. The molecule has 122 valence electrons. The first kappa shape index (κ1) is 15.5. The molecule has 1 amide bonds. The molecule has 8 heteroatoms. The Balaban J connectivity index is 1.73. The van der Waals surface area contributed by atoms with E-state index in [1.165, 1.54) is 0 Å². The molecule has 0 saturated carbocycles. The predicted octanol–water partition coefficient (Wildman–Crippen LogP) is 1.24. The van der Waals surface area contributed by atoms with Crippen molar-refractivity contribution in [1.29, 1.82) is 0 Å². The van der Waals surface area contributed by atoms with Gasteiger partial charge in [-0.3, -0.25) is 9.89 Å². The molecule has 0 aliphatic carbocycles. The van der Waals surface area contributed by atoms with Gasteiger partial charge in [-0.15, -0.1) is 0 Å². The summed E-state index contributed by atoms with van der Waals surface area (Å²) in [7, 11) is 0. The zero-order chi connectivity index (χ0) is 16.4. The summed E-state index contributed by atoms with van der Waals surface area (Å²) in [6.07, 6.45) is 1.30. The van der Waals surface area contributed by atoms with E-state index in [1.54, 1.807) is 24.1 Å². The fraction of sp³-hybridized carbons (Fsp3) is 0.533. The number of aromatic nitrogens is 5. The van der Waals surface area contributed by atoms with Crippen molar-refractivity contribution >= 4 is 5.91 Å². The van der Waals surface area contributed by atoms with Crippen molar-refractivity contribution in [2.45, 2.75) is 32.8 Å². The highest BCUT2D eigenvalue weighted by molar-refractivity contribution is 5.92. The van der Waals surface area contributed by atoms with Crippen LogP contribution in [0.2, 0.25) is 0 Å². The molecule has 23 heavy (non-hydrogen) atoms. The fourth-order valence-corrected chi connectivity index (χ4v) is 2.43. The molecule has 1 atom stereocenters. The van der Waals surface area contributed by atoms with Gasteiger partial charge in [-0.05, 0) is 13.0 Å². The van der Waals surface area contributed by atoms with E-state index in [0.717, 1.165) is 5.82 Å². The molecule has 3 rings (SSSR count). The second-order valence-corrected chi connectivity index (χ2v) is 5.83. The summed E-state index contributed by atoms with van der Waals surface area (Å²) in [5.74, 6) is 2.11. The number of aromatic amines is 1. The van der Waals surface area contributed by atoms with Crippen LogP contribution in [-0.4, -0.2) is 55.7 Å². The molecule has 1 aliphatic heterocycles. The Morgan fingerprint density at radius 1 is 1.43 bits per heavy atom. The molecule has 1 aliphatic rings. The quantitative estimate of drug-likeness (QED) is 0.915. The zero-order valence-electron chi connectivity index (χ0n) is 13.5. The van der Waals surface area contributed by atoms with E-state index in [4.69, 9.17) is 4.74 Å². The van der Waals surface area contributed by atoms with Crippen LogP contribution in [0.4, 0.5) is 0 Å². The molecule has 0 aromatic carbocycles. The average Bonchev–Trinajstić information content (AvgIpc) is 3.04. The van der Waals surface area contributed by atoms with Crippen LogP contribution in [0.5, 0.6) is 0 Å². The number of carbonyl (C=O) groups is 1. The molecule has 0 radical (unpaired) electrons. The van der Waals surface area contributed by atoms with Crippen molar-refractivity contribution in [3.8, 4) is 0 Å². The molecule has 8 nitrogen and oxygen atoms in total. The van der Waals surface area contributed by atoms with E-state index in [0.29, 0.717) is 37.0 Å². The third-order valence-corrected chi connectivity index (χ3v) is 3.69. The average molecular weight is 316 g/mol. The zero-order valence-corrected chi connectivity index (χ0v) is 13.5. The van der Waals surface area contributed by atoms with Gasteiger partial charge in [-0.2, -0.15) is 5.10 Å². The van der Waals surface area contributed by atoms with Gasteiger partial charge in [0.15, 0.2) is 11.6 Å². The van der Waals surface area contributed by atoms with Crippen LogP contribution in [0.1, 0.15) is 53.8 Å². The van der Waals surface area contributed by atoms with Crippen molar-refractivity contribution in [2.24, 2.45) is 0 Å². The number of hydrogen-bond acceptors (Lipinski definition) is 6. The summed E-state index contributed by atoms with van der Waals surface area (Å²) in [6.45, 7) is 7.24. The molecule has 0 unspecified atom stereocenters. The monoisotopic (exact) mass is 316 g/mol. The largest absolute Gasteiger partial charge is 0.367 e. The molecule has 2 aromatic rings. The van der Waals surface area contributed by atoms with E-state index in [1.807, 2.05) is 13.8 Å². The van der Waals surface area contributed by atoms with Gasteiger partial charge in [0.25, 0.3) is 5.91 Å². The lowest BCUT2D eigenvalue weighted by molar-refractivity contribution is -0.0268. The van der Waals surface area contributed by atoms with Gasteiger partial charge in [0.05, 0.1) is 13.2 Å². The first-order valence-electron chi connectivity index (χ1n) is 7.67. The molecule has 0 bridgehead atoms. The highest BCUT2D eigenvalue weighted by atomic mass is 16.5. The number of ether oxygens (including phenoxy) is 1. The van der Waals surface area contributed by atoms with Gasteiger partial charge < -0.3 is 9.64 Å². The summed E-state index contributed by atoms with van der Waals surface area (Å²) in [4.78, 5) is 27.0. The number of nitrogens with one attached hydrogen (secondary N) is 1. The van der Waals surface area contributed by atoms with Crippen LogP contribution in [0.15, 0.2) is 12.3 Å². The van der Waals surface area contributed by atoms with E-state index in [9.17, 15) is 4.79 Å². The van der Waals surface area contributed by atoms with Gasteiger partial charge in [-0.1, -0.05) is 13.8 Å². The third kappa shape index (κ3) is 3.37. The first-order valence-corrected chi connectivity index (χ1v) is 7.67. The number of aryl methyl sites for hydroxylation is 1. The van der Waals surface area contributed by atoms with E-state index in [2.05, 4.69) is 25.1 Å². The fourth-order valence-electron chi connectivity index (χ4n) is 2.43. The molecule has 1 saturated heterocycles. The summed E-state index contributed by atoms with van der Waals surface area (Å²) < 4.78 is 5.74. The number of hydrogen-bond donors (Lipinski definition) is 1. The van der Waals surface area contributed by atoms with Crippen LogP contribution in [0, 0.1) is 6.92 Å². The lowest BCUT2D eigenvalue weighted by atomic mass is 10.2. The second-order valence-electron chi connectivity index (χ2n) is 5.83. The van der Waals surface area contributed by atoms with E-state index >= 15 is 0 Å².